The maximum Gasteiger partial charge on any atom is 0.202 e. The molecule has 0 atom stereocenters. The summed E-state index contributed by atoms with van der Waals surface area (Å²) in [4.78, 5) is 5.83. The molecule has 4 aromatic heterocycles. The van der Waals surface area contributed by atoms with E-state index in [4.69, 9.17) is 32.0 Å². The minimum absolute atomic E-state index is 0. The average molecular weight is 713 g/mol. The summed E-state index contributed by atoms with van der Waals surface area (Å²) < 4.78 is 63.9. The highest BCUT2D eigenvalue weighted by Gasteiger charge is 2.11. The van der Waals surface area contributed by atoms with E-state index in [2.05, 4.69) is 29.7 Å². The topological polar surface area (TPSA) is 312 Å². The van der Waals surface area contributed by atoms with E-state index in [1.54, 1.807) is 62.9 Å². The fourth-order valence-corrected chi connectivity index (χ4v) is 5.06. The third kappa shape index (κ3) is 13.6. The van der Waals surface area contributed by atoms with Crippen molar-refractivity contribution in [3.05, 3.63) is 131 Å². The van der Waals surface area contributed by atoms with Crippen LogP contribution in [0, 0.1) is 13.8 Å². The molecule has 2 aromatic carbocycles. The zero-order chi connectivity index (χ0) is 35.2. The van der Waals surface area contributed by atoms with Gasteiger partial charge in [0.25, 0.3) is 0 Å². The molecule has 0 saturated carbocycles. The van der Waals surface area contributed by atoms with Crippen molar-refractivity contribution in [2.75, 3.05) is 22.9 Å². The summed E-state index contributed by atoms with van der Waals surface area (Å²) in [5, 5.41) is 7.00. The highest BCUT2D eigenvalue weighted by atomic mass is 32.2. The zero-order valence-electron chi connectivity index (χ0n) is 26.3. The molecule has 17 nitrogen and oxygen atoms in total. The lowest BCUT2D eigenvalue weighted by Gasteiger charge is -2.11. The van der Waals surface area contributed by atoms with Gasteiger partial charge in [-0.05, 0) is 86.1 Å². The van der Waals surface area contributed by atoms with Gasteiger partial charge < -0.3 is 46.9 Å². The molecule has 49 heavy (non-hydrogen) atoms. The molecule has 0 bridgehead atoms. The summed E-state index contributed by atoms with van der Waals surface area (Å²) in [5.41, 5.74) is 24.2. The smallest absolute Gasteiger partial charge is 0.202 e. The number of hydrogen-bond donors (Lipinski definition) is 4. The van der Waals surface area contributed by atoms with Gasteiger partial charge in [-0.1, -0.05) is 0 Å². The van der Waals surface area contributed by atoms with Crippen LogP contribution in [0.3, 0.4) is 0 Å². The first kappa shape index (κ1) is 39.0. The average Bonchev–Trinajstić information content (AvgIpc) is 3.65. The van der Waals surface area contributed by atoms with Crippen LogP contribution >= 0.6 is 0 Å². The van der Waals surface area contributed by atoms with Gasteiger partial charge in [0, 0.05) is 47.0 Å². The van der Waals surface area contributed by atoms with Gasteiger partial charge >= 0.3 is 0 Å². The third-order valence-electron chi connectivity index (χ3n) is 5.50. The number of benzene rings is 2. The Kier molecular flexibility index (Phi) is 14.5. The molecule has 6 aromatic rings. The van der Waals surface area contributed by atoms with Gasteiger partial charge in [0.2, 0.25) is 20.0 Å². The molecule has 6 rings (SSSR count). The lowest BCUT2D eigenvalue weighted by molar-refractivity contribution is -0.378. The minimum Gasteiger partial charge on any atom is -0.460 e. The van der Waals surface area contributed by atoms with Crippen LogP contribution < -0.4 is 32.9 Å². The predicted molar refractivity (Wildman–Crippen MR) is 183 cm³/mol. The summed E-state index contributed by atoms with van der Waals surface area (Å²) in [7, 11) is -7.54. The fraction of sp³-hybridized carbons (Fsp3) is 0.0667. The van der Waals surface area contributed by atoms with Crippen LogP contribution in [0.4, 0.5) is 34.4 Å². The molecule has 0 unspecified atom stereocenters. The predicted octanol–water partition coefficient (Wildman–Crippen LogP) is 3.26. The van der Waals surface area contributed by atoms with Crippen LogP contribution in [-0.2, 0) is 20.0 Å². The highest BCUT2D eigenvalue weighted by Crippen LogP contribution is 2.28. The van der Waals surface area contributed by atoms with Crippen molar-refractivity contribution < 1.29 is 41.3 Å². The van der Waals surface area contributed by atoms with Crippen molar-refractivity contribution in [2.24, 2.45) is 0 Å². The van der Waals surface area contributed by atoms with E-state index in [-0.39, 0.29) is 26.9 Å². The number of nitrogen functional groups attached to an aromatic ring is 4. The van der Waals surface area contributed by atoms with E-state index in [1.165, 1.54) is 60.7 Å². The Balaban J connectivity index is 0.000000243. The third-order valence-corrected chi connectivity index (χ3v) is 8.09. The van der Waals surface area contributed by atoms with E-state index in [0.717, 1.165) is 11.4 Å². The Morgan fingerprint density at radius 2 is 0.816 bits per heavy atom. The fourth-order valence-electron chi connectivity index (χ4n) is 3.22. The normalized spacial score (nSPS) is 10.3. The number of nitrogens with zero attached hydrogens (tertiary/aromatic N) is 4. The van der Waals surface area contributed by atoms with Crippen molar-refractivity contribution in [3.63, 3.8) is 0 Å². The summed E-state index contributed by atoms with van der Waals surface area (Å²) in [6, 6.07) is 21.6. The molecule has 260 valence electrons. The molecule has 19 heteroatoms. The number of aromatic nitrogens is 4. The summed E-state index contributed by atoms with van der Waals surface area (Å²) in [5.74, 6) is 1.05. The number of anilines is 4. The molecule has 0 saturated heterocycles. The lowest BCUT2D eigenvalue weighted by atomic mass is 10.3. The van der Waals surface area contributed by atoms with E-state index in [1.807, 2.05) is 0 Å². The number of H-pyrrole nitrogens is 2. The van der Waals surface area contributed by atoms with Gasteiger partial charge in [0.05, 0.1) is 9.79 Å². The van der Waals surface area contributed by atoms with Crippen molar-refractivity contribution in [2.45, 2.75) is 23.6 Å². The largest absolute Gasteiger partial charge is 0.460 e. The first-order valence-electron chi connectivity index (χ1n) is 13.7. The van der Waals surface area contributed by atoms with Gasteiger partial charge in [0.15, 0.2) is 24.8 Å². The van der Waals surface area contributed by atoms with Crippen LogP contribution in [0.15, 0.2) is 129 Å². The summed E-state index contributed by atoms with van der Waals surface area (Å²) in [6.45, 7) is 3.31. The maximum atomic E-state index is 11.8. The molecular formula is C30H36N10O7S2. The Morgan fingerprint density at radius 1 is 0.531 bits per heavy atom. The quantitative estimate of drug-likeness (QED) is 0.181. The number of nitrogens with two attached hydrogens (primary N) is 4. The van der Waals surface area contributed by atoms with Crippen molar-refractivity contribution in [1.29, 1.82) is 0 Å². The molecule has 0 spiro atoms. The Labute approximate surface area is 282 Å². The highest BCUT2D eigenvalue weighted by molar-refractivity contribution is 7.94. The summed E-state index contributed by atoms with van der Waals surface area (Å²) in [6.07, 6.45) is 7.15. The SMILES string of the molecule is Cc1cc([N-]S(=O)(=O)c2ccc(N)cc2)no1.Cc1cc([N-]S(=O)(=O)c2ccc(N)cc2)no1.Nc1cc[nH+]cc1.Nc1cc[nH+]cc1.O. The number of hydrogen-bond acceptors (Lipinski definition) is 12. The van der Waals surface area contributed by atoms with Crippen LogP contribution in [0.5, 0.6) is 0 Å². The number of sulfonamides is 2. The number of aromatic amines is 2. The van der Waals surface area contributed by atoms with E-state index < -0.39 is 20.0 Å². The molecule has 4 heterocycles. The minimum atomic E-state index is -3.77. The standard InChI is InChI=1S/2C10H10N3O3S.2C5H6N2.H2O/c2*1-7-6-10(12-16-7)13-17(14,15)9-4-2-8(11)3-5-9;2*6-5-1-3-7-4-2-5;/h2*2-6H,11H2,1H3;2*1-4H,(H2,6,7);1H2/q2*-1;;;/p+2. The van der Waals surface area contributed by atoms with Gasteiger partial charge in [-0.3, -0.25) is 10.3 Å². The first-order valence-corrected chi connectivity index (χ1v) is 16.6. The molecular weight excluding hydrogens is 677 g/mol. The van der Waals surface area contributed by atoms with E-state index in [0.29, 0.717) is 22.9 Å². The van der Waals surface area contributed by atoms with Gasteiger partial charge in [-0.25, -0.2) is 26.8 Å². The van der Waals surface area contributed by atoms with Crippen LogP contribution in [0.25, 0.3) is 9.44 Å². The second kappa shape index (κ2) is 18.2. The molecule has 0 aliphatic heterocycles. The number of rotatable bonds is 6. The van der Waals surface area contributed by atoms with Crippen molar-refractivity contribution >= 4 is 54.4 Å². The van der Waals surface area contributed by atoms with Crippen molar-refractivity contribution in [3.8, 4) is 0 Å². The zero-order valence-corrected chi connectivity index (χ0v) is 27.9. The Morgan fingerprint density at radius 3 is 1.04 bits per heavy atom. The Bertz CT molecular complexity index is 1910. The van der Waals surface area contributed by atoms with Gasteiger partial charge in [0.1, 0.15) is 11.5 Å². The van der Waals surface area contributed by atoms with Crippen LogP contribution in [-0.4, -0.2) is 32.6 Å². The molecule has 0 aliphatic carbocycles. The van der Waals surface area contributed by atoms with Crippen LogP contribution in [0.2, 0.25) is 0 Å². The van der Waals surface area contributed by atoms with Gasteiger partial charge in [-0.2, -0.15) is 0 Å². The molecule has 12 N–H and O–H groups in total. The van der Waals surface area contributed by atoms with Gasteiger partial charge in [-0.15, -0.1) is 0 Å². The number of nitrogens with one attached hydrogen (secondary N) is 2. The molecule has 0 aliphatic rings. The lowest BCUT2D eigenvalue weighted by Crippen LogP contribution is -1.98. The van der Waals surface area contributed by atoms with E-state index in [9.17, 15) is 16.8 Å². The number of pyridine rings is 2. The molecule has 0 fully saturated rings. The van der Waals surface area contributed by atoms with E-state index >= 15 is 0 Å². The molecule has 0 amide bonds. The maximum absolute atomic E-state index is 11.8. The monoisotopic (exact) mass is 712 g/mol. The van der Waals surface area contributed by atoms with Crippen LogP contribution in [0.1, 0.15) is 11.5 Å². The second-order valence-corrected chi connectivity index (χ2v) is 12.7. The van der Waals surface area contributed by atoms with Crippen molar-refractivity contribution in [1.82, 2.24) is 10.3 Å². The summed E-state index contributed by atoms with van der Waals surface area (Å²) >= 11 is 0. The Hall–Kier alpha value is -6.18. The first-order chi connectivity index (χ1) is 22.7. The molecule has 0 radical (unpaired) electrons. The second-order valence-electron chi connectivity index (χ2n) is 9.53. The number of aryl methyl sites for hydroxylation is 2.